The Balaban J connectivity index is 2.33. The summed E-state index contributed by atoms with van der Waals surface area (Å²) < 4.78 is 0. The highest BCUT2D eigenvalue weighted by atomic mass is 15.1. The van der Waals surface area contributed by atoms with Crippen molar-refractivity contribution >= 4 is 11.4 Å². The lowest BCUT2D eigenvalue weighted by Gasteiger charge is -2.23. The van der Waals surface area contributed by atoms with Gasteiger partial charge in [0.25, 0.3) is 0 Å². The number of nitriles is 1. The molecule has 0 bridgehead atoms. The Bertz CT molecular complexity index is 550. The maximum Gasteiger partial charge on any atom is 0.140 e. The first-order valence-electron chi connectivity index (χ1n) is 5.95. The fourth-order valence-corrected chi connectivity index (χ4v) is 1.85. The predicted molar refractivity (Wildman–Crippen MR) is 72.8 cm³/mol. The predicted octanol–water partition coefficient (Wildman–Crippen LogP) is 3.42. The molecule has 2 aromatic rings. The van der Waals surface area contributed by atoms with Gasteiger partial charge in [-0.25, -0.2) is 4.98 Å². The van der Waals surface area contributed by atoms with Gasteiger partial charge in [-0.15, -0.1) is 0 Å². The molecule has 0 N–H and O–H groups in total. The topological polar surface area (TPSA) is 39.9 Å². The number of hydrogen-bond donors (Lipinski definition) is 0. The molecule has 0 saturated carbocycles. The molecule has 3 nitrogen and oxygen atoms in total. The van der Waals surface area contributed by atoms with Crippen LogP contribution in [0.25, 0.3) is 0 Å². The molecule has 90 valence electrons. The van der Waals surface area contributed by atoms with Crippen molar-refractivity contribution in [2.24, 2.45) is 0 Å². The first kappa shape index (κ1) is 12.1. The van der Waals surface area contributed by atoms with Crippen molar-refractivity contribution in [2.75, 3.05) is 11.4 Å². The minimum atomic E-state index is 0.443. The van der Waals surface area contributed by atoms with Crippen molar-refractivity contribution in [2.45, 2.75) is 13.8 Å². The van der Waals surface area contributed by atoms with Crippen molar-refractivity contribution < 1.29 is 0 Å². The zero-order valence-corrected chi connectivity index (χ0v) is 10.6. The van der Waals surface area contributed by atoms with E-state index in [0.717, 1.165) is 17.9 Å². The lowest BCUT2D eigenvalue weighted by atomic mass is 10.2. The number of benzene rings is 1. The Hall–Kier alpha value is -2.34. The molecule has 0 fully saturated rings. The maximum absolute atomic E-state index is 8.75. The molecule has 0 atom stereocenters. The summed E-state index contributed by atoms with van der Waals surface area (Å²) in [5, 5.41) is 8.75. The molecule has 0 unspecified atom stereocenters. The zero-order chi connectivity index (χ0) is 13.0. The lowest BCUT2D eigenvalue weighted by Crippen LogP contribution is -2.16. The molecule has 1 aromatic carbocycles. The molecule has 1 aromatic heterocycles. The Labute approximate surface area is 107 Å². The Kier molecular flexibility index (Phi) is 3.59. The molecule has 0 aliphatic carbocycles. The molecular weight excluding hydrogens is 222 g/mol. The third-order valence-electron chi connectivity index (χ3n) is 2.84. The van der Waals surface area contributed by atoms with Crippen molar-refractivity contribution in [3.05, 3.63) is 53.9 Å². The van der Waals surface area contributed by atoms with Crippen LogP contribution in [0.15, 0.2) is 42.6 Å². The Morgan fingerprint density at radius 2 is 1.78 bits per heavy atom. The smallest absolute Gasteiger partial charge is 0.140 e. The van der Waals surface area contributed by atoms with E-state index in [2.05, 4.69) is 48.0 Å². The lowest BCUT2D eigenvalue weighted by molar-refractivity contribution is 1.01. The van der Waals surface area contributed by atoms with E-state index in [1.165, 1.54) is 5.56 Å². The van der Waals surface area contributed by atoms with Crippen LogP contribution in [0.4, 0.5) is 11.4 Å². The van der Waals surface area contributed by atoms with Gasteiger partial charge in [-0.1, -0.05) is 17.7 Å². The summed E-state index contributed by atoms with van der Waals surface area (Å²) >= 11 is 0. The van der Waals surface area contributed by atoms with E-state index in [1.807, 2.05) is 12.1 Å². The Morgan fingerprint density at radius 3 is 2.28 bits per heavy atom. The van der Waals surface area contributed by atoms with E-state index in [-0.39, 0.29) is 0 Å². The van der Waals surface area contributed by atoms with Crippen LogP contribution in [-0.2, 0) is 0 Å². The number of hydrogen-bond acceptors (Lipinski definition) is 3. The largest absolute Gasteiger partial charge is 0.341 e. The molecule has 0 aliphatic heterocycles. The summed E-state index contributed by atoms with van der Waals surface area (Å²) in [6.45, 7) is 5.03. The van der Waals surface area contributed by atoms with E-state index < -0.39 is 0 Å². The second-order valence-electron chi connectivity index (χ2n) is 4.09. The summed E-state index contributed by atoms with van der Waals surface area (Å²) in [6, 6.07) is 14.1. The van der Waals surface area contributed by atoms with Crippen molar-refractivity contribution in [1.82, 2.24) is 4.98 Å². The molecular formula is C15H15N3. The molecule has 0 amide bonds. The van der Waals surface area contributed by atoms with Crippen molar-refractivity contribution in [3.63, 3.8) is 0 Å². The summed E-state index contributed by atoms with van der Waals surface area (Å²) in [7, 11) is 0. The van der Waals surface area contributed by atoms with Gasteiger partial charge in [-0.3, -0.25) is 0 Å². The van der Waals surface area contributed by atoms with Crippen LogP contribution in [0.2, 0.25) is 0 Å². The molecule has 0 saturated heterocycles. The highest BCUT2D eigenvalue weighted by Crippen LogP contribution is 2.24. The Morgan fingerprint density at radius 1 is 1.11 bits per heavy atom. The van der Waals surface area contributed by atoms with Crippen LogP contribution in [-0.4, -0.2) is 11.5 Å². The van der Waals surface area contributed by atoms with Gasteiger partial charge < -0.3 is 4.90 Å². The van der Waals surface area contributed by atoms with Crippen LogP contribution < -0.4 is 4.90 Å². The van der Waals surface area contributed by atoms with Gasteiger partial charge in [0.05, 0.1) is 11.9 Å². The number of aromatic nitrogens is 1. The highest BCUT2D eigenvalue weighted by molar-refractivity contribution is 5.62. The van der Waals surface area contributed by atoms with E-state index in [0.29, 0.717) is 5.69 Å². The first-order valence-corrected chi connectivity index (χ1v) is 5.95. The van der Waals surface area contributed by atoms with Crippen LogP contribution in [0, 0.1) is 18.3 Å². The van der Waals surface area contributed by atoms with Gasteiger partial charge >= 0.3 is 0 Å². The van der Waals surface area contributed by atoms with Gasteiger partial charge in [0.15, 0.2) is 0 Å². The van der Waals surface area contributed by atoms with Gasteiger partial charge in [-0.05, 0) is 38.1 Å². The normalized spacial score (nSPS) is 9.83. The van der Waals surface area contributed by atoms with E-state index in [1.54, 1.807) is 12.3 Å². The summed E-state index contributed by atoms with van der Waals surface area (Å²) in [5.41, 5.74) is 3.82. The maximum atomic E-state index is 8.75. The number of pyridine rings is 1. The van der Waals surface area contributed by atoms with Crippen molar-refractivity contribution in [3.8, 4) is 6.07 Å². The van der Waals surface area contributed by atoms with Crippen LogP contribution in [0.1, 0.15) is 18.2 Å². The zero-order valence-electron chi connectivity index (χ0n) is 10.6. The van der Waals surface area contributed by atoms with Crippen LogP contribution in [0.3, 0.4) is 0 Å². The third kappa shape index (κ3) is 2.49. The number of rotatable bonds is 3. The number of anilines is 2. The minimum Gasteiger partial charge on any atom is -0.341 e. The van der Waals surface area contributed by atoms with Gasteiger partial charge in [0.2, 0.25) is 0 Å². The van der Waals surface area contributed by atoms with Gasteiger partial charge in [0.1, 0.15) is 11.8 Å². The van der Waals surface area contributed by atoms with E-state index in [9.17, 15) is 0 Å². The highest BCUT2D eigenvalue weighted by Gasteiger charge is 2.07. The van der Waals surface area contributed by atoms with Crippen LogP contribution in [0.5, 0.6) is 0 Å². The van der Waals surface area contributed by atoms with E-state index >= 15 is 0 Å². The first-order chi connectivity index (χ1) is 8.74. The van der Waals surface area contributed by atoms with Crippen LogP contribution >= 0.6 is 0 Å². The second kappa shape index (κ2) is 5.33. The fourth-order valence-electron chi connectivity index (χ4n) is 1.85. The van der Waals surface area contributed by atoms with Crippen molar-refractivity contribution in [1.29, 1.82) is 5.26 Å². The molecule has 0 spiro atoms. The molecule has 3 heteroatoms. The standard InChI is InChI=1S/C15H15N3/c1-3-18(14-7-4-12(2)5-8-14)15-9-6-13(10-16)17-11-15/h4-9,11H,3H2,1-2H3. The summed E-state index contributed by atoms with van der Waals surface area (Å²) in [5.74, 6) is 0. The third-order valence-corrected chi connectivity index (χ3v) is 2.84. The summed E-state index contributed by atoms with van der Waals surface area (Å²) in [4.78, 5) is 6.27. The number of nitrogens with zero attached hydrogens (tertiary/aromatic N) is 3. The van der Waals surface area contributed by atoms with Gasteiger partial charge in [-0.2, -0.15) is 5.26 Å². The average Bonchev–Trinajstić information content (AvgIpc) is 2.42. The fraction of sp³-hybridized carbons (Fsp3) is 0.200. The van der Waals surface area contributed by atoms with Gasteiger partial charge in [0, 0.05) is 12.2 Å². The molecule has 0 aliphatic rings. The van der Waals surface area contributed by atoms with E-state index in [4.69, 9.17) is 5.26 Å². The molecule has 2 rings (SSSR count). The molecule has 0 radical (unpaired) electrons. The quantitative estimate of drug-likeness (QED) is 0.821. The monoisotopic (exact) mass is 237 g/mol. The molecule has 1 heterocycles. The minimum absolute atomic E-state index is 0.443. The molecule has 18 heavy (non-hydrogen) atoms. The number of aryl methyl sites for hydroxylation is 1. The second-order valence-corrected chi connectivity index (χ2v) is 4.09. The summed E-state index contributed by atoms with van der Waals surface area (Å²) in [6.07, 6.45) is 1.74. The SMILES string of the molecule is CCN(c1ccc(C)cc1)c1ccc(C#N)nc1. The average molecular weight is 237 g/mol.